The fourth-order valence-corrected chi connectivity index (χ4v) is 9.81. The van der Waals surface area contributed by atoms with E-state index in [-0.39, 0.29) is 41.7 Å². The maximum absolute atomic E-state index is 15.5. The number of ketones is 1. The molecule has 3 aliphatic carbocycles. The minimum atomic E-state index is -2.71. The van der Waals surface area contributed by atoms with E-state index in [0.717, 1.165) is 13.8 Å². The zero-order chi connectivity index (χ0) is 46.6. The van der Waals surface area contributed by atoms with E-state index in [2.05, 4.69) is 5.32 Å². The molecule has 1 aliphatic heterocycles. The first-order valence-corrected chi connectivity index (χ1v) is 20.0. The van der Waals surface area contributed by atoms with Crippen LogP contribution in [0, 0.1) is 22.7 Å². The molecule has 2 bridgehead atoms. The normalized spacial score (nSPS) is 34.1. The first-order chi connectivity index (χ1) is 29.4. The van der Waals surface area contributed by atoms with Crippen molar-refractivity contribution in [1.29, 1.82) is 0 Å². The predicted molar refractivity (Wildman–Crippen MR) is 211 cm³/mol. The number of hydrogen-bond donors (Lipinski definition) is 4. The van der Waals surface area contributed by atoms with Crippen molar-refractivity contribution in [2.75, 3.05) is 6.61 Å². The van der Waals surface area contributed by atoms with Gasteiger partial charge in [-0.3, -0.25) is 19.2 Å². The van der Waals surface area contributed by atoms with Crippen molar-refractivity contribution in [2.45, 2.75) is 128 Å². The first kappa shape index (κ1) is 40.4. The van der Waals surface area contributed by atoms with Crippen molar-refractivity contribution in [3.05, 3.63) is 82.9 Å². The summed E-state index contributed by atoms with van der Waals surface area (Å²) in [5, 5.41) is 40.0. The number of ether oxygens (including phenoxy) is 5. The molecule has 60 heavy (non-hydrogen) atoms. The number of aliphatic hydroxyl groups excluding tert-OH is 2. The number of carbonyl (C=O) groups is 6. The van der Waals surface area contributed by atoms with E-state index in [1.807, 2.05) is 0 Å². The van der Waals surface area contributed by atoms with Crippen LogP contribution < -0.4 is 5.32 Å². The van der Waals surface area contributed by atoms with Gasteiger partial charge in [0.15, 0.2) is 23.6 Å². The summed E-state index contributed by atoms with van der Waals surface area (Å²) in [6.45, 7) is 6.54. The number of amides is 1. The number of rotatable bonds is 11. The third-order valence-electron chi connectivity index (χ3n) is 13.2. The van der Waals surface area contributed by atoms with Gasteiger partial charge in [-0.2, -0.15) is 0 Å². The lowest BCUT2D eigenvalue weighted by Crippen LogP contribution is -2.82. The average molecular weight is 837 g/mol. The Kier molecular flexibility index (Phi) is 11.1. The van der Waals surface area contributed by atoms with Gasteiger partial charge in [-0.05, 0) is 49.1 Å². The van der Waals surface area contributed by atoms with Crippen LogP contribution in [0.5, 0.6) is 0 Å². The largest absolute Gasteiger partial charge is 0.456 e. The van der Waals surface area contributed by atoms with E-state index in [0.29, 0.717) is 0 Å². The topological polar surface area (TPSA) is 221 Å². The molecule has 1 amide bonds. The van der Waals surface area contributed by atoms with Gasteiger partial charge in [0.2, 0.25) is 5.91 Å². The number of nitrogens with one attached hydrogen (secondary N) is 1. The highest BCUT2D eigenvalue weighted by Gasteiger charge is 2.78. The quantitative estimate of drug-likeness (QED) is 0.145. The molecule has 1 heterocycles. The molecule has 3 fully saturated rings. The van der Waals surface area contributed by atoms with Gasteiger partial charge < -0.3 is 44.3 Å². The highest BCUT2D eigenvalue weighted by Crippen LogP contribution is 2.64. The van der Waals surface area contributed by atoms with E-state index < -0.39 is 125 Å². The second-order valence-corrected chi connectivity index (χ2v) is 17.0. The number of carbonyl (C=O) groups excluding carboxylic acids is 6. The minimum absolute atomic E-state index is 0.0396. The fourth-order valence-electron chi connectivity index (χ4n) is 9.81. The van der Waals surface area contributed by atoms with Gasteiger partial charge in [0.05, 0.1) is 35.6 Å². The predicted octanol–water partition coefficient (Wildman–Crippen LogP) is 3.47. The molecule has 12 atom stereocenters. The minimum Gasteiger partial charge on any atom is -0.456 e. The highest BCUT2D eigenvalue weighted by molar-refractivity contribution is 5.95. The molecule has 4 aliphatic rings. The zero-order valence-electron chi connectivity index (χ0n) is 37.6. The van der Waals surface area contributed by atoms with Crippen LogP contribution >= 0.6 is 0 Å². The molecular formula is C45H55NO14. The molecule has 2 saturated carbocycles. The van der Waals surface area contributed by atoms with Crippen molar-refractivity contribution in [3.63, 3.8) is 0 Å². The van der Waals surface area contributed by atoms with Crippen molar-refractivity contribution in [3.8, 4) is 0 Å². The standard InChI is InChI=1S/C45H55NO14/c1-9-23(2)39(52)46-33(27-16-12-10-13-17-27)34(50)41(54)58-29-21-45(55)38(59-40(53)28-18-14-11-15-19-28)36-43(8,30(49)20-31-44(36,22-56-31)60-26(5)48)37(51)35(57-25(4)47)32(24(29)3)42(45,6)7/h10-19,23,29-31,33-36,38,49-50,55H,9,20-22H2,1-8H3,(H,46,52)/t23-,29-,30-,31+,33-,34+,35+,36-,38-,43+,44-,45+/m0/s1/i2D3. The summed E-state index contributed by atoms with van der Waals surface area (Å²) in [6, 6.07) is 14.0. The van der Waals surface area contributed by atoms with Crippen molar-refractivity contribution in [1.82, 2.24) is 5.32 Å². The molecule has 15 heteroatoms. The van der Waals surface area contributed by atoms with Gasteiger partial charge in [-0.15, -0.1) is 0 Å². The van der Waals surface area contributed by atoms with Crippen LogP contribution in [0.15, 0.2) is 71.8 Å². The molecule has 0 spiro atoms. The smallest absolute Gasteiger partial charge is 0.338 e. The second kappa shape index (κ2) is 16.5. The van der Waals surface area contributed by atoms with Crippen LogP contribution in [0.3, 0.4) is 0 Å². The Labute approximate surface area is 353 Å². The van der Waals surface area contributed by atoms with Crippen molar-refractivity contribution < 1.29 is 71.9 Å². The Hall–Kier alpha value is -4.96. The molecule has 4 N–H and O–H groups in total. The summed E-state index contributed by atoms with van der Waals surface area (Å²) >= 11 is 0. The molecule has 0 unspecified atom stereocenters. The number of hydrogen-bond acceptors (Lipinski definition) is 14. The van der Waals surface area contributed by atoms with Gasteiger partial charge in [0.1, 0.15) is 23.9 Å². The van der Waals surface area contributed by atoms with Gasteiger partial charge in [0, 0.05) is 42.1 Å². The molecule has 324 valence electrons. The summed E-state index contributed by atoms with van der Waals surface area (Å²) < 4.78 is 53.8. The fraction of sp³-hybridized carbons (Fsp3) is 0.556. The Morgan fingerprint density at radius 3 is 2.15 bits per heavy atom. The highest BCUT2D eigenvalue weighted by atomic mass is 16.6. The molecule has 1 saturated heterocycles. The molecule has 6 rings (SSSR count). The summed E-state index contributed by atoms with van der Waals surface area (Å²) in [6.07, 6.45) is -11.1. The monoisotopic (exact) mass is 836 g/mol. The van der Waals surface area contributed by atoms with Crippen molar-refractivity contribution >= 4 is 35.6 Å². The number of aliphatic hydroxyl groups is 3. The van der Waals surface area contributed by atoms with Crippen LogP contribution in [0.1, 0.15) is 101 Å². The summed E-state index contributed by atoms with van der Waals surface area (Å²) in [5.74, 6) is -8.99. The molecule has 2 aromatic rings. The van der Waals surface area contributed by atoms with Crippen LogP contribution in [-0.2, 0) is 47.7 Å². The maximum Gasteiger partial charge on any atom is 0.338 e. The second-order valence-electron chi connectivity index (χ2n) is 17.0. The summed E-state index contributed by atoms with van der Waals surface area (Å²) in [7, 11) is 0. The number of fused-ring (bicyclic) bond motifs is 5. The van der Waals surface area contributed by atoms with E-state index in [9.17, 15) is 39.3 Å². The molecule has 15 nitrogen and oxygen atoms in total. The first-order valence-electron chi connectivity index (χ1n) is 21.5. The maximum atomic E-state index is 15.5. The van der Waals surface area contributed by atoms with Gasteiger partial charge in [-0.1, -0.05) is 76.2 Å². The number of Topliss-reactive ketones (excluding diaryl/α,β-unsaturated/α-hetero) is 1. The van der Waals surface area contributed by atoms with E-state index in [1.165, 1.54) is 58.9 Å². The third-order valence-corrected chi connectivity index (χ3v) is 13.2. The van der Waals surface area contributed by atoms with E-state index in [4.69, 9.17) is 27.8 Å². The van der Waals surface area contributed by atoms with Crippen LogP contribution in [0.2, 0.25) is 0 Å². The molecule has 0 radical (unpaired) electrons. The lowest BCUT2D eigenvalue weighted by molar-refractivity contribution is -0.346. The SMILES string of the molecule is [2H]C([2H])([2H])[C@@H](CC)C(=O)N[C@@H](c1ccccc1)[C@@H](O)C(=O)O[C@H]1C[C@@]2(O)[C@@H](OC(=O)c3ccccc3)[C@@H]3[C@]4(OC(C)=O)CO[C@@H]4C[C@H](O)[C@@]3(C)C(=O)[C@H](OC(C)=O)C(=C1C)C2(C)C. The average Bonchev–Trinajstić information content (AvgIpc) is 3.20. The molecule has 2 aromatic carbocycles. The Morgan fingerprint density at radius 1 is 0.967 bits per heavy atom. The van der Waals surface area contributed by atoms with Crippen LogP contribution in [-0.4, -0.2) is 105 Å². The van der Waals surface area contributed by atoms with E-state index >= 15 is 4.79 Å². The van der Waals surface area contributed by atoms with Gasteiger partial charge in [-0.25, -0.2) is 9.59 Å². The van der Waals surface area contributed by atoms with Crippen LogP contribution in [0.4, 0.5) is 0 Å². The number of esters is 4. The van der Waals surface area contributed by atoms with E-state index in [1.54, 1.807) is 36.4 Å². The van der Waals surface area contributed by atoms with Crippen molar-refractivity contribution in [2.24, 2.45) is 22.7 Å². The Morgan fingerprint density at radius 2 is 1.60 bits per heavy atom. The third kappa shape index (κ3) is 7.32. The zero-order valence-corrected chi connectivity index (χ0v) is 34.6. The lowest BCUT2D eigenvalue weighted by Gasteiger charge is -2.67. The Balaban J connectivity index is 1.53. The van der Waals surface area contributed by atoms with Gasteiger partial charge >= 0.3 is 23.9 Å². The number of benzene rings is 2. The lowest BCUT2D eigenvalue weighted by atomic mass is 9.44. The van der Waals surface area contributed by atoms with Crippen LogP contribution in [0.25, 0.3) is 0 Å². The van der Waals surface area contributed by atoms with Gasteiger partial charge in [0.25, 0.3) is 0 Å². The molecular weight excluding hydrogens is 778 g/mol. The summed E-state index contributed by atoms with van der Waals surface area (Å²) in [5.41, 5.74) is -7.74. The Bertz CT molecular complexity index is 2160. The molecule has 0 aromatic heterocycles. The summed E-state index contributed by atoms with van der Waals surface area (Å²) in [4.78, 5) is 83.4.